The fourth-order valence-electron chi connectivity index (χ4n) is 5.00. The van der Waals surface area contributed by atoms with Gasteiger partial charge in [-0.25, -0.2) is 13.4 Å². The van der Waals surface area contributed by atoms with Crippen LogP contribution in [0.2, 0.25) is 0 Å². The first kappa shape index (κ1) is 25.5. The number of aliphatic imine (C=N–C) groups is 1. The van der Waals surface area contributed by atoms with E-state index in [2.05, 4.69) is 39.3 Å². The highest BCUT2D eigenvalue weighted by atomic mass is 32.2. The van der Waals surface area contributed by atoms with E-state index in [0.717, 1.165) is 12.8 Å². The Morgan fingerprint density at radius 3 is 2.40 bits per heavy atom. The topological polar surface area (TPSA) is 77.0 Å². The number of anilines is 1. The van der Waals surface area contributed by atoms with Crippen molar-refractivity contribution in [1.82, 2.24) is 0 Å². The van der Waals surface area contributed by atoms with Gasteiger partial charge in [0.15, 0.2) is 0 Å². The van der Waals surface area contributed by atoms with Crippen LogP contribution in [0.1, 0.15) is 59.4 Å². The second-order valence-electron chi connectivity index (χ2n) is 10.6. The summed E-state index contributed by atoms with van der Waals surface area (Å²) in [5.41, 5.74) is 0.996. The SMILES string of the molecule is CC(C)[C@H]1CC[C@H](C)C[C@@H]1Oc1cccc(C2=N[C@@H](C(C)C)CO2)c1NS(=O)(=O)c1ccccc1. The molecule has 2 aliphatic rings. The molecule has 190 valence electrons. The number of sulfonamides is 1. The molecule has 1 heterocycles. The maximum atomic E-state index is 13.4. The van der Waals surface area contributed by atoms with Crippen LogP contribution in [0.15, 0.2) is 58.4 Å². The molecule has 7 heteroatoms. The summed E-state index contributed by atoms with van der Waals surface area (Å²) < 4.78 is 42.2. The molecule has 1 aliphatic heterocycles. The monoisotopic (exact) mass is 498 g/mol. The van der Waals surface area contributed by atoms with E-state index in [1.807, 2.05) is 18.2 Å². The Labute approximate surface area is 210 Å². The first-order valence-corrected chi connectivity index (χ1v) is 14.2. The molecule has 2 aromatic rings. The Kier molecular flexibility index (Phi) is 7.74. The largest absolute Gasteiger partial charge is 0.488 e. The third-order valence-corrected chi connectivity index (χ3v) is 8.60. The maximum Gasteiger partial charge on any atom is 0.262 e. The average molecular weight is 499 g/mol. The van der Waals surface area contributed by atoms with Crippen LogP contribution in [-0.4, -0.2) is 33.1 Å². The highest BCUT2D eigenvalue weighted by Crippen LogP contribution is 2.40. The first-order chi connectivity index (χ1) is 16.7. The van der Waals surface area contributed by atoms with E-state index in [1.165, 1.54) is 6.42 Å². The number of nitrogens with zero attached hydrogens (tertiary/aromatic N) is 1. The third-order valence-electron chi connectivity index (χ3n) is 7.23. The van der Waals surface area contributed by atoms with E-state index in [4.69, 9.17) is 14.5 Å². The molecule has 4 rings (SSSR count). The van der Waals surface area contributed by atoms with Crippen molar-refractivity contribution >= 4 is 21.6 Å². The lowest BCUT2D eigenvalue weighted by molar-refractivity contribution is 0.0465. The molecule has 2 aromatic carbocycles. The smallest absolute Gasteiger partial charge is 0.262 e. The van der Waals surface area contributed by atoms with Crippen molar-refractivity contribution in [1.29, 1.82) is 0 Å². The van der Waals surface area contributed by atoms with Crippen LogP contribution < -0.4 is 9.46 Å². The fourth-order valence-corrected chi connectivity index (χ4v) is 6.11. The summed E-state index contributed by atoms with van der Waals surface area (Å²) in [6.07, 6.45) is 3.27. The zero-order valence-electron chi connectivity index (χ0n) is 21.4. The minimum atomic E-state index is -3.84. The Morgan fingerprint density at radius 2 is 1.74 bits per heavy atom. The maximum absolute atomic E-state index is 13.4. The predicted molar refractivity (Wildman–Crippen MR) is 141 cm³/mol. The molecule has 1 fully saturated rings. The number of ether oxygens (including phenoxy) is 2. The summed E-state index contributed by atoms with van der Waals surface area (Å²) >= 11 is 0. The van der Waals surface area contributed by atoms with Crippen LogP contribution in [-0.2, 0) is 14.8 Å². The molecule has 0 bridgehead atoms. The van der Waals surface area contributed by atoms with Gasteiger partial charge in [-0.3, -0.25) is 4.72 Å². The molecule has 6 nitrogen and oxygen atoms in total. The Bertz CT molecular complexity index is 1140. The van der Waals surface area contributed by atoms with Gasteiger partial charge in [0.25, 0.3) is 10.0 Å². The molecule has 1 aliphatic carbocycles. The molecule has 1 N–H and O–H groups in total. The minimum absolute atomic E-state index is 0.0174. The Morgan fingerprint density at radius 1 is 1.00 bits per heavy atom. The molecule has 0 spiro atoms. The van der Waals surface area contributed by atoms with Gasteiger partial charge in [-0.1, -0.05) is 65.3 Å². The number of rotatable bonds is 8. The highest BCUT2D eigenvalue weighted by molar-refractivity contribution is 7.92. The van der Waals surface area contributed by atoms with E-state index in [0.29, 0.717) is 53.2 Å². The first-order valence-electron chi connectivity index (χ1n) is 12.7. The van der Waals surface area contributed by atoms with Crippen molar-refractivity contribution in [3.8, 4) is 5.75 Å². The zero-order valence-corrected chi connectivity index (χ0v) is 22.2. The van der Waals surface area contributed by atoms with Gasteiger partial charge < -0.3 is 9.47 Å². The lowest BCUT2D eigenvalue weighted by Gasteiger charge is -2.37. The number of hydrogen-bond acceptors (Lipinski definition) is 5. The van der Waals surface area contributed by atoms with Gasteiger partial charge in [0, 0.05) is 0 Å². The normalized spacial score (nSPS) is 24.8. The molecule has 4 atom stereocenters. The fraction of sp³-hybridized carbons (Fsp3) is 0.536. The van der Waals surface area contributed by atoms with Crippen LogP contribution in [0.3, 0.4) is 0 Å². The highest BCUT2D eigenvalue weighted by Gasteiger charge is 2.34. The van der Waals surface area contributed by atoms with Gasteiger partial charge in [0.1, 0.15) is 24.1 Å². The second-order valence-corrected chi connectivity index (χ2v) is 12.3. The molecule has 0 saturated heterocycles. The van der Waals surface area contributed by atoms with Crippen LogP contribution in [0.25, 0.3) is 0 Å². The number of nitrogens with one attached hydrogen (secondary N) is 1. The van der Waals surface area contributed by atoms with Gasteiger partial charge in [-0.15, -0.1) is 0 Å². The summed E-state index contributed by atoms with van der Waals surface area (Å²) in [5.74, 6) is 2.76. The number of para-hydroxylation sites is 1. The summed E-state index contributed by atoms with van der Waals surface area (Å²) in [5, 5.41) is 0. The molecule has 35 heavy (non-hydrogen) atoms. The van der Waals surface area contributed by atoms with E-state index in [1.54, 1.807) is 30.3 Å². The molecular formula is C28H38N2O4S. The van der Waals surface area contributed by atoms with Gasteiger partial charge in [0.2, 0.25) is 5.90 Å². The van der Waals surface area contributed by atoms with Crippen molar-refractivity contribution in [3.05, 3.63) is 54.1 Å². The van der Waals surface area contributed by atoms with Gasteiger partial charge >= 0.3 is 0 Å². The van der Waals surface area contributed by atoms with Crippen molar-refractivity contribution in [3.63, 3.8) is 0 Å². The van der Waals surface area contributed by atoms with Gasteiger partial charge in [-0.2, -0.15) is 0 Å². The molecule has 0 amide bonds. The lowest BCUT2D eigenvalue weighted by atomic mass is 9.75. The van der Waals surface area contributed by atoms with E-state index in [-0.39, 0.29) is 17.0 Å². The summed E-state index contributed by atoms with van der Waals surface area (Å²) in [6.45, 7) is 11.4. The Hall–Kier alpha value is -2.54. The predicted octanol–water partition coefficient (Wildman–Crippen LogP) is 6.13. The summed E-state index contributed by atoms with van der Waals surface area (Å²) in [6, 6.07) is 14.0. The average Bonchev–Trinajstić information content (AvgIpc) is 3.31. The van der Waals surface area contributed by atoms with Crippen molar-refractivity contribution < 1.29 is 17.9 Å². The van der Waals surface area contributed by atoms with Crippen LogP contribution in [0.5, 0.6) is 5.75 Å². The van der Waals surface area contributed by atoms with Crippen LogP contribution >= 0.6 is 0 Å². The van der Waals surface area contributed by atoms with Crippen molar-refractivity contribution in [2.75, 3.05) is 11.3 Å². The second kappa shape index (κ2) is 10.6. The summed E-state index contributed by atoms with van der Waals surface area (Å²) in [4.78, 5) is 4.96. The standard InChI is InChI=1S/C28H38N2O4S/c1-18(2)22-15-14-20(5)16-26(22)34-25-13-9-12-23(28-29-24(17-33-28)19(3)4)27(25)30-35(31,32)21-10-7-6-8-11-21/h6-13,18-20,22,24,26,30H,14-17H2,1-5H3/t20-,22+,24+,26-/m0/s1. The quantitative estimate of drug-likeness (QED) is 0.475. The Balaban J connectivity index is 1.76. The van der Waals surface area contributed by atoms with Crippen LogP contribution in [0, 0.1) is 23.7 Å². The lowest BCUT2D eigenvalue weighted by Crippen LogP contribution is -2.36. The summed E-state index contributed by atoms with van der Waals surface area (Å²) in [7, 11) is -3.84. The minimum Gasteiger partial charge on any atom is -0.488 e. The molecular weight excluding hydrogens is 460 g/mol. The molecule has 0 unspecified atom stereocenters. The van der Waals surface area contributed by atoms with Crippen LogP contribution in [0.4, 0.5) is 5.69 Å². The van der Waals surface area contributed by atoms with Crippen molar-refractivity contribution in [2.24, 2.45) is 28.7 Å². The molecule has 1 saturated carbocycles. The van der Waals surface area contributed by atoms with Crippen molar-refractivity contribution in [2.45, 2.75) is 70.9 Å². The zero-order chi connectivity index (χ0) is 25.2. The molecule has 0 aromatic heterocycles. The third kappa shape index (κ3) is 5.83. The van der Waals surface area contributed by atoms with E-state index < -0.39 is 10.0 Å². The van der Waals surface area contributed by atoms with Gasteiger partial charge in [0.05, 0.1) is 16.5 Å². The van der Waals surface area contributed by atoms with Gasteiger partial charge in [-0.05, 0) is 60.8 Å². The number of benzene rings is 2. The van der Waals surface area contributed by atoms with E-state index in [9.17, 15) is 8.42 Å². The molecule has 0 radical (unpaired) electrons. The van der Waals surface area contributed by atoms with E-state index >= 15 is 0 Å². The number of hydrogen-bond donors (Lipinski definition) is 1.